The number of anilines is 1. The fraction of sp³-hybridized carbons (Fsp3) is 0.286. The highest BCUT2D eigenvalue weighted by Gasteiger charge is 2.11. The van der Waals surface area contributed by atoms with E-state index in [0.717, 1.165) is 34.4 Å². The van der Waals surface area contributed by atoms with Crippen molar-refractivity contribution in [2.75, 3.05) is 19.5 Å². The number of nitrogens with two attached hydrogens (primary N) is 1. The molecule has 0 unspecified atom stereocenters. The number of nitrogens with zero attached hydrogens (tertiary/aromatic N) is 2. The molecule has 1 heterocycles. The molecule has 1 aromatic carbocycles. The largest absolute Gasteiger partial charge is 0.385 e. The number of ether oxygens (including phenoxy) is 1. The lowest BCUT2D eigenvalue weighted by molar-refractivity contribution is 0.194. The van der Waals surface area contributed by atoms with Crippen LogP contribution in [0, 0.1) is 0 Å². The maximum absolute atomic E-state index is 5.93. The van der Waals surface area contributed by atoms with Crippen LogP contribution in [0.2, 0.25) is 0 Å². The van der Waals surface area contributed by atoms with Crippen LogP contribution in [0.4, 0.5) is 5.82 Å². The predicted octanol–water partition coefficient (Wildman–Crippen LogP) is 3.07. The first-order valence-electron chi connectivity index (χ1n) is 6.08. The van der Waals surface area contributed by atoms with E-state index in [1.54, 1.807) is 7.11 Å². The van der Waals surface area contributed by atoms with Crippen LogP contribution in [-0.4, -0.2) is 23.7 Å². The highest BCUT2D eigenvalue weighted by Crippen LogP contribution is 2.29. The van der Waals surface area contributed by atoms with E-state index >= 15 is 0 Å². The summed E-state index contributed by atoms with van der Waals surface area (Å²) in [5.41, 5.74) is 7.79. The van der Waals surface area contributed by atoms with Crippen molar-refractivity contribution in [2.45, 2.75) is 12.8 Å². The van der Waals surface area contributed by atoms with Gasteiger partial charge in [-0.3, -0.25) is 0 Å². The van der Waals surface area contributed by atoms with E-state index < -0.39 is 0 Å². The SMILES string of the molecule is COCCCc1nc(N)c(Br)c(-c2ccccc2)n1. The number of aromatic nitrogens is 2. The van der Waals surface area contributed by atoms with Gasteiger partial charge in [-0.25, -0.2) is 9.97 Å². The lowest BCUT2D eigenvalue weighted by Gasteiger charge is -2.09. The molecule has 0 fully saturated rings. The van der Waals surface area contributed by atoms with Crippen LogP contribution in [0.3, 0.4) is 0 Å². The standard InChI is InChI=1S/C14H16BrN3O/c1-19-9-5-8-11-17-13(12(15)14(16)18-11)10-6-3-2-4-7-10/h2-4,6-7H,5,8-9H2,1H3,(H2,16,17,18). The van der Waals surface area contributed by atoms with Gasteiger partial charge in [0, 0.05) is 25.7 Å². The molecule has 100 valence electrons. The summed E-state index contributed by atoms with van der Waals surface area (Å²) in [6.45, 7) is 0.694. The highest BCUT2D eigenvalue weighted by molar-refractivity contribution is 9.10. The quantitative estimate of drug-likeness (QED) is 0.860. The topological polar surface area (TPSA) is 61.0 Å². The minimum Gasteiger partial charge on any atom is -0.385 e. The van der Waals surface area contributed by atoms with E-state index in [2.05, 4.69) is 25.9 Å². The van der Waals surface area contributed by atoms with Crippen LogP contribution in [0.25, 0.3) is 11.3 Å². The van der Waals surface area contributed by atoms with Gasteiger partial charge in [0.1, 0.15) is 11.6 Å². The lowest BCUT2D eigenvalue weighted by Crippen LogP contribution is -2.04. The fourth-order valence-electron chi connectivity index (χ4n) is 1.79. The molecular formula is C14H16BrN3O. The summed E-state index contributed by atoms with van der Waals surface area (Å²) in [7, 11) is 1.69. The van der Waals surface area contributed by atoms with Gasteiger partial charge < -0.3 is 10.5 Å². The van der Waals surface area contributed by atoms with Gasteiger partial charge >= 0.3 is 0 Å². The average Bonchev–Trinajstić information content (AvgIpc) is 2.44. The van der Waals surface area contributed by atoms with E-state index in [-0.39, 0.29) is 0 Å². The normalized spacial score (nSPS) is 10.6. The Kier molecular flexibility index (Phi) is 4.87. The van der Waals surface area contributed by atoms with E-state index in [1.165, 1.54) is 0 Å². The summed E-state index contributed by atoms with van der Waals surface area (Å²) < 4.78 is 5.78. The first kappa shape index (κ1) is 14.0. The Bertz CT molecular complexity index is 546. The Labute approximate surface area is 121 Å². The minimum absolute atomic E-state index is 0.473. The number of rotatable bonds is 5. The number of halogens is 1. The third-order valence-electron chi connectivity index (χ3n) is 2.72. The van der Waals surface area contributed by atoms with Gasteiger partial charge in [-0.2, -0.15) is 0 Å². The first-order chi connectivity index (χ1) is 9.22. The molecule has 0 atom stereocenters. The molecule has 2 aromatic rings. The Morgan fingerprint density at radius 1 is 1.21 bits per heavy atom. The molecule has 0 saturated heterocycles. The van der Waals surface area contributed by atoms with E-state index in [1.807, 2.05) is 30.3 Å². The summed E-state index contributed by atoms with van der Waals surface area (Å²) in [6.07, 6.45) is 1.64. The third-order valence-corrected chi connectivity index (χ3v) is 3.50. The second kappa shape index (κ2) is 6.63. The number of nitrogen functional groups attached to an aromatic ring is 1. The molecule has 0 aliphatic carbocycles. The summed E-state index contributed by atoms with van der Waals surface area (Å²) >= 11 is 3.46. The third kappa shape index (κ3) is 3.52. The fourth-order valence-corrected chi connectivity index (χ4v) is 2.19. The number of benzene rings is 1. The van der Waals surface area contributed by atoms with Crippen LogP contribution < -0.4 is 5.73 Å². The van der Waals surface area contributed by atoms with E-state index in [9.17, 15) is 0 Å². The molecule has 4 nitrogen and oxygen atoms in total. The van der Waals surface area contributed by atoms with Crippen molar-refractivity contribution in [3.63, 3.8) is 0 Å². The van der Waals surface area contributed by atoms with Crippen LogP contribution in [-0.2, 0) is 11.2 Å². The van der Waals surface area contributed by atoms with Gasteiger partial charge in [0.15, 0.2) is 0 Å². The second-order valence-electron chi connectivity index (χ2n) is 4.15. The first-order valence-corrected chi connectivity index (χ1v) is 6.88. The molecule has 0 aliphatic rings. The Hall–Kier alpha value is -1.46. The summed E-state index contributed by atoms with van der Waals surface area (Å²) in [5.74, 6) is 1.22. The van der Waals surface area contributed by atoms with Crippen molar-refractivity contribution in [3.8, 4) is 11.3 Å². The molecule has 0 spiro atoms. The van der Waals surface area contributed by atoms with Gasteiger partial charge in [0.2, 0.25) is 0 Å². The van der Waals surface area contributed by atoms with E-state index in [0.29, 0.717) is 12.4 Å². The number of methoxy groups -OCH3 is 1. The molecule has 19 heavy (non-hydrogen) atoms. The highest BCUT2D eigenvalue weighted by atomic mass is 79.9. The van der Waals surface area contributed by atoms with Gasteiger partial charge in [0.25, 0.3) is 0 Å². The van der Waals surface area contributed by atoms with Crippen LogP contribution in [0.5, 0.6) is 0 Å². The Morgan fingerprint density at radius 3 is 2.63 bits per heavy atom. The predicted molar refractivity (Wildman–Crippen MR) is 79.8 cm³/mol. The molecule has 2 N–H and O–H groups in total. The summed E-state index contributed by atoms with van der Waals surface area (Å²) in [6, 6.07) is 9.94. The molecule has 0 radical (unpaired) electrons. The zero-order valence-corrected chi connectivity index (χ0v) is 12.4. The number of aryl methyl sites for hydroxylation is 1. The Balaban J connectivity index is 2.32. The van der Waals surface area contributed by atoms with Crippen LogP contribution >= 0.6 is 15.9 Å². The molecular weight excluding hydrogens is 306 g/mol. The summed E-state index contributed by atoms with van der Waals surface area (Å²) in [4.78, 5) is 8.88. The van der Waals surface area contributed by atoms with Crippen molar-refractivity contribution in [1.82, 2.24) is 9.97 Å². The molecule has 0 bridgehead atoms. The minimum atomic E-state index is 0.473. The van der Waals surface area contributed by atoms with Crippen LogP contribution in [0.1, 0.15) is 12.2 Å². The van der Waals surface area contributed by atoms with E-state index in [4.69, 9.17) is 10.5 Å². The van der Waals surface area contributed by atoms with Gasteiger partial charge in [-0.15, -0.1) is 0 Å². The van der Waals surface area contributed by atoms with Crippen molar-refractivity contribution in [3.05, 3.63) is 40.6 Å². The van der Waals surface area contributed by atoms with Gasteiger partial charge in [0.05, 0.1) is 10.2 Å². The molecule has 0 amide bonds. The Morgan fingerprint density at radius 2 is 1.95 bits per heavy atom. The molecule has 5 heteroatoms. The zero-order valence-electron chi connectivity index (χ0n) is 10.8. The molecule has 2 rings (SSSR count). The maximum Gasteiger partial charge on any atom is 0.142 e. The lowest BCUT2D eigenvalue weighted by atomic mass is 10.1. The molecule has 0 saturated carbocycles. The number of hydrogen-bond donors (Lipinski definition) is 1. The van der Waals surface area contributed by atoms with Gasteiger partial charge in [-0.1, -0.05) is 30.3 Å². The van der Waals surface area contributed by atoms with Crippen molar-refractivity contribution in [2.24, 2.45) is 0 Å². The monoisotopic (exact) mass is 321 g/mol. The van der Waals surface area contributed by atoms with Crippen molar-refractivity contribution < 1.29 is 4.74 Å². The van der Waals surface area contributed by atoms with Crippen molar-refractivity contribution in [1.29, 1.82) is 0 Å². The maximum atomic E-state index is 5.93. The molecule has 1 aromatic heterocycles. The smallest absolute Gasteiger partial charge is 0.142 e. The molecule has 0 aliphatic heterocycles. The van der Waals surface area contributed by atoms with Crippen LogP contribution in [0.15, 0.2) is 34.8 Å². The average molecular weight is 322 g/mol. The summed E-state index contributed by atoms with van der Waals surface area (Å²) in [5, 5.41) is 0. The van der Waals surface area contributed by atoms with Gasteiger partial charge in [-0.05, 0) is 22.4 Å². The second-order valence-corrected chi connectivity index (χ2v) is 4.94. The number of hydrogen-bond acceptors (Lipinski definition) is 4. The zero-order chi connectivity index (χ0) is 13.7. The van der Waals surface area contributed by atoms with Crippen molar-refractivity contribution >= 4 is 21.7 Å².